The molecule has 17 heavy (non-hydrogen) atoms. The average Bonchev–Trinajstić information content (AvgIpc) is 2.83. The fourth-order valence-corrected chi connectivity index (χ4v) is 3.18. The number of carboxylic acids is 1. The minimum absolute atomic E-state index is 0.0510. The third-order valence-corrected chi connectivity index (χ3v) is 4.29. The third-order valence-electron chi connectivity index (χ3n) is 2.46. The largest absolute Gasteiger partial charge is 0.477 e. The van der Waals surface area contributed by atoms with E-state index < -0.39 is 5.97 Å². The highest BCUT2D eigenvalue weighted by Gasteiger charge is 2.18. The Balaban J connectivity index is 2.43. The Bertz CT molecular complexity index is 564. The number of carboxylic acid groups (broad SMARTS) is 1. The molecule has 0 spiro atoms. The number of rotatable bonds is 3. The molecule has 0 radical (unpaired) electrons. The lowest BCUT2D eigenvalue weighted by molar-refractivity contribution is 0.0684. The van der Waals surface area contributed by atoms with E-state index in [1.54, 1.807) is 16.8 Å². The van der Waals surface area contributed by atoms with Crippen LogP contribution in [0.25, 0.3) is 0 Å². The van der Waals surface area contributed by atoms with Crippen molar-refractivity contribution in [1.82, 2.24) is 4.57 Å². The van der Waals surface area contributed by atoms with Crippen LogP contribution in [-0.4, -0.2) is 15.6 Å². The van der Waals surface area contributed by atoms with Gasteiger partial charge in [-0.05, 0) is 41.1 Å². The minimum atomic E-state index is -0.940. The van der Waals surface area contributed by atoms with Crippen molar-refractivity contribution in [2.24, 2.45) is 0 Å². The normalized spacial score (nSPS) is 12.6. The first kappa shape index (κ1) is 12.7. The van der Waals surface area contributed by atoms with Crippen LogP contribution in [0.2, 0.25) is 4.34 Å². The summed E-state index contributed by atoms with van der Waals surface area (Å²) in [5, 5.41) is 9.12. The summed E-state index contributed by atoms with van der Waals surface area (Å²) in [5.41, 5.74) is 0.258. The van der Waals surface area contributed by atoms with E-state index in [1.807, 2.05) is 19.1 Å². The van der Waals surface area contributed by atoms with Crippen molar-refractivity contribution in [3.05, 3.63) is 43.8 Å². The Morgan fingerprint density at radius 1 is 1.59 bits per heavy atom. The summed E-state index contributed by atoms with van der Waals surface area (Å²) >= 11 is 10.6. The maximum Gasteiger partial charge on any atom is 0.352 e. The second-order valence-electron chi connectivity index (χ2n) is 3.57. The number of halogens is 2. The fraction of sp³-hybridized carbons (Fsp3) is 0.182. The van der Waals surface area contributed by atoms with Crippen molar-refractivity contribution < 1.29 is 9.90 Å². The molecule has 0 aliphatic carbocycles. The van der Waals surface area contributed by atoms with Crippen molar-refractivity contribution in [2.45, 2.75) is 13.0 Å². The predicted octanol–water partition coefficient (Wildman–Crippen LogP) is 4.27. The molecule has 2 heterocycles. The lowest BCUT2D eigenvalue weighted by Gasteiger charge is -2.13. The van der Waals surface area contributed by atoms with E-state index in [0.29, 0.717) is 4.34 Å². The van der Waals surface area contributed by atoms with Gasteiger partial charge in [0.15, 0.2) is 0 Å². The van der Waals surface area contributed by atoms with Gasteiger partial charge < -0.3 is 9.67 Å². The van der Waals surface area contributed by atoms with Crippen molar-refractivity contribution in [3.8, 4) is 0 Å². The van der Waals surface area contributed by atoms with Gasteiger partial charge in [-0.25, -0.2) is 4.79 Å². The van der Waals surface area contributed by atoms with Crippen LogP contribution in [0.1, 0.15) is 28.3 Å². The maximum absolute atomic E-state index is 11.1. The van der Waals surface area contributed by atoms with E-state index in [2.05, 4.69) is 15.9 Å². The smallest absolute Gasteiger partial charge is 0.352 e. The van der Waals surface area contributed by atoms with E-state index >= 15 is 0 Å². The molecule has 1 N–H and O–H groups in total. The van der Waals surface area contributed by atoms with Crippen molar-refractivity contribution in [1.29, 1.82) is 0 Å². The number of hydrogen-bond donors (Lipinski definition) is 1. The molecule has 2 aromatic heterocycles. The summed E-state index contributed by atoms with van der Waals surface area (Å²) in [6.07, 6.45) is 1.77. The quantitative estimate of drug-likeness (QED) is 0.910. The number of carbonyl (C=O) groups is 1. The van der Waals surface area contributed by atoms with E-state index in [0.717, 1.165) is 9.35 Å². The van der Waals surface area contributed by atoms with Gasteiger partial charge in [0.25, 0.3) is 0 Å². The summed E-state index contributed by atoms with van der Waals surface area (Å²) in [4.78, 5) is 12.1. The molecule has 0 aliphatic heterocycles. The van der Waals surface area contributed by atoms with Gasteiger partial charge >= 0.3 is 5.97 Å². The van der Waals surface area contributed by atoms with Crippen LogP contribution >= 0.6 is 38.9 Å². The van der Waals surface area contributed by atoms with Gasteiger partial charge in [0.1, 0.15) is 5.69 Å². The Kier molecular flexibility index (Phi) is 3.61. The topological polar surface area (TPSA) is 42.2 Å². The summed E-state index contributed by atoms with van der Waals surface area (Å²) in [6, 6.07) is 5.27. The van der Waals surface area contributed by atoms with Crippen LogP contribution in [0.4, 0.5) is 0 Å². The summed E-state index contributed by atoms with van der Waals surface area (Å²) in [6.45, 7) is 1.95. The van der Waals surface area contributed by atoms with Crippen molar-refractivity contribution >= 4 is 44.8 Å². The van der Waals surface area contributed by atoms with Gasteiger partial charge in [-0.2, -0.15) is 0 Å². The molecule has 1 unspecified atom stereocenters. The van der Waals surface area contributed by atoms with E-state index in [1.165, 1.54) is 11.3 Å². The van der Waals surface area contributed by atoms with Crippen molar-refractivity contribution in [2.75, 3.05) is 0 Å². The zero-order valence-electron chi connectivity index (χ0n) is 8.85. The van der Waals surface area contributed by atoms with Gasteiger partial charge in [0.05, 0.1) is 10.4 Å². The molecule has 3 nitrogen and oxygen atoms in total. The molecule has 2 aromatic rings. The highest BCUT2D eigenvalue weighted by Crippen LogP contribution is 2.31. The zero-order chi connectivity index (χ0) is 12.6. The molecule has 0 aromatic carbocycles. The molecule has 0 aliphatic rings. The highest BCUT2D eigenvalue weighted by molar-refractivity contribution is 9.10. The number of thiophene rings is 1. The first-order chi connectivity index (χ1) is 7.99. The average molecular weight is 335 g/mol. The lowest BCUT2D eigenvalue weighted by Crippen LogP contribution is -2.11. The lowest BCUT2D eigenvalue weighted by atomic mass is 10.2. The SMILES string of the molecule is CC(c1ccc(Cl)s1)n1cc(Br)cc1C(=O)O. The van der Waals surface area contributed by atoms with Crippen LogP contribution in [0.15, 0.2) is 28.9 Å². The summed E-state index contributed by atoms with van der Waals surface area (Å²) < 4.78 is 3.17. The zero-order valence-corrected chi connectivity index (χ0v) is 12.0. The molecule has 6 heteroatoms. The fourth-order valence-electron chi connectivity index (χ4n) is 1.63. The van der Waals surface area contributed by atoms with Crippen LogP contribution in [0.3, 0.4) is 0 Å². The summed E-state index contributed by atoms with van der Waals surface area (Å²) in [5.74, 6) is -0.940. The molecular weight excluding hydrogens is 326 g/mol. The van der Waals surface area contributed by atoms with Crippen LogP contribution < -0.4 is 0 Å². The Morgan fingerprint density at radius 2 is 2.29 bits per heavy atom. The van der Waals surface area contributed by atoms with Gasteiger partial charge in [-0.3, -0.25) is 0 Å². The molecule has 0 saturated heterocycles. The van der Waals surface area contributed by atoms with E-state index in [9.17, 15) is 4.79 Å². The van der Waals surface area contributed by atoms with Crippen LogP contribution in [0.5, 0.6) is 0 Å². The number of aromatic carboxylic acids is 1. The first-order valence-corrected chi connectivity index (χ1v) is 6.83. The van der Waals surface area contributed by atoms with Crippen LogP contribution in [0, 0.1) is 0 Å². The monoisotopic (exact) mass is 333 g/mol. The Labute approximate surface area is 116 Å². The molecule has 1 atom stereocenters. The van der Waals surface area contributed by atoms with Crippen LogP contribution in [-0.2, 0) is 0 Å². The molecule has 0 saturated carbocycles. The standard InChI is InChI=1S/C11H9BrClNO2S/c1-6(9-2-3-10(13)17-9)14-5-7(12)4-8(14)11(15)16/h2-6H,1H3,(H,15,16). The van der Waals surface area contributed by atoms with E-state index in [-0.39, 0.29) is 11.7 Å². The molecular formula is C11H9BrClNO2S. The first-order valence-electron chi connectivity index (χ1n) is 4.85. The second kappa shape index (κ2) is 4.84. The minimum Gasteiger partial charge on any atom is -0.477 e. The van der Waals surface area contributed by atoms with Gasteiger partial charge in [-0.1, -0.05) is 11.6 Å². The maximum atomic E-state index is 11.1. The number of hydrogen-bond acceptors (Lipinski definition) is 2. The Morgan fingerprint density at radius 3 is 2.82 bits per heavy atom. The summed E-state index contributed by atoms with van der Waals surface area (Å²) in [7, 11) is 0. The molecule has 0 bridgehead atoms. The molecule has 90 valence electrons. The van der Waals surface area contributed by atoms with Crippen molar-refractivity contribution in [3.63, 3.8) is 0 Å². The number of nitrogens with zero attached hydrogens (tertiary/aromatic N) is 1. The van der Waals surface area contributed by atoms with Gasteiger partial charge in [0.2, 0.25) is 0 Å². The second-order valence-corrected chi connectivity index (χ2v) is 6.24. The molecule has 0 fully saturated rings. The molecule has 2 rings (SSSR count). The number of aromatic nitrogens is 1. The van der Waals surface area contributed by atoms with Gasteiger partial charge in [0, 0.05) is 15.5 Å². The third kappa shape index (κ3) is 2.56. The molecule has 0 amide bonds. The Hall–Kier alpha value is -0.780. The predicted molar refractivity (Wildman–Crippen MR) is 72.2 cm³/mol. The van der Waals surface area contributed by atoms with Gasteiger partial charge in [-0.15, -0.1) is 11.3 Å². The highest BCUT2D eigenvalue weighted by atomic mass is 79.9. The van der Waals surface area contributed by atoms with E-state index in [4.69, 9.17) is 16.7 Å².